The van der Waals surface area contributed by atoms with Gasteiger partial charge in [0.2, 0.25) is 5.95 Å². The van der Waals surface area contributed by atoms with Gasteiger partial charge < -0.3 is 15.4 Å². The molecule has 10 nitrogen and oxygen atoms in total. The first-order valence-corrected chi connectivity index (χ1v) is 9.47. The monoisotopic (exact) mass is 391 g/mol. The predicted octanol–water partition coefficient (Wildman–Crippen LogP) is 1.95. The Kier molecular flexibility index (Phi) is 4.53. The zero-order chi connectivity index (χ0) is 19.6. The largest absolute Gasteiger partial charge is 0.379 e. The van der Waals surface area contributed by atoms with Crippen molar-refractivity contribution >= 4 is 28.5 Å². The third-order valence-corrected chi connectivity index (χ3v) is 4.74. The summed E-state index contributed by atoms with van der Waals surface area (Å²) in [7, 11) is 1.86. The summed E-state index contributed by atoms with van der Waals surface area (Å²) in [6.45, 7) is 2.04. The van der Waals surface area contributed by atoms with Gasteiger partial charge in [0.15, 0.2) is 5.65 Å². The highest BCUT2D eigenvalue weighted by Gasteiger charge is 2.16. The topological polar surface area (TPSA) is 108 Å². The van der Waals surface area contributed by atoms with Crippen molar-refractivity contribution in [3.05, 3.63) is 48.7 Å². The quantitative estimate of drug-likeness (QED) is 0.513. The van der Waals surface area contributed by atoms with E-state index in [-0.39, 0.29) is 0 Å². The van der Waals surface area contributed by atoms with Crippen molar-refractivity contribution in [3.63, 3.8) is 0 Å². The summed E-state index contributed by atoms with van der Waals surface area (Å²) in [5.74, 6) is 1.35. The van der Waals surface area contributed by atoms with Crippen molar-refractivity contribution in [1.82, 2.24) is 34.5 Å². The zero-order valence-electron chi connectivity index (χ0n) is 16.0. The molecule has 0 saturated carbocycles. The minimum absolute atomic E-state index is 0.317. The number of pyridine rings is 1. The van der Waals surface area contributed by atoms with Crippen LogP contribution < -0.4 is 10.6 Å². The van der Waals surface area contributed by atoms with Crippen LogP contribution in [-0.2, 0) is 18.3 Å². The number of anilines is 3. The second-order valence-electron chi connectivity index (χ2n) is 7.02. The molecule has 1 fully saturated rings. The summed E-state index contributed by atoms with van der Waals surface area (Å²) >= 11 is 0. The van der Waals surface area contributed by atoms with Crippen molar-refractivity contribution in [2.45, 2.75) is 19.0 Å². The van der Waals surface area contributed by atoms with Crippen LogP contribution in [0.25, 0.3) is 11.0 Å². The summed E-state index contributed by atoms with van der Waals surface area (Å²) < 4.78 is 8.97. The fourth-order valence-corrected chi connectivity index (χ4v) is 3.32. The van der Waals surface area contributed by atoms with E-state index in [1.807, 2.05) is 36.1 Å². The molecule has 1 saturated heterocycles. The molecule has 0 spiro atoms. The molecule has 4 aromatic rings. The van der Waals surface area contributed by atoms with Crippen molar-refractivity contribution in [3.8, 4) is 0 Å². The lowest BCUT2D eigenvalue weighted by molar-refractivity contribution is 0.195. The summed E-state index contributed by atoms with van der Waals surface area (Å²) in [5.41, 5.74) is 2.48. The molecule has 1 aliphatic heterocycles. The van der Waals surface area contributed by atoms with Crippen LogP contribution in [0.3, 0.4) is 0 Å². The lowest BCUT2D eigenvalue weighted by Gasteiger charge is -2.12. The molecule has 5 heterocycles. The van der Waals surface area contributed by atoms with Crippen LogP contribution in [0.2, 0.25) is 0 Å². The average molecular weight is 391 g/mol. The van der Waals surface area contributed by atoms with E-state index in [1.54, 1.807) is 23.3 Å². The van der Waals surface area contributed by atoms with E-state index in [0.717, 1.165) is 47.9 Å². The molecule has 29 heavy (non-hydrogen) atoms. The highest BCUT2D eigenvalue weighted by Crippen LogP contribution is 2.17. The molecule has 148 valence electrons. The number of hydrogen-bond donors (Lipinski definition) is 2. The lowest BCUT2D eigenvalue weighted by atomic mass is 10.2. The standard InChI is InChI=1S/C19H21N9O/c1-27-10-16(9-21-27)25-19-20-7-13-8-22-28(18(13)26-19)11-14-3-2-4-17(23-14)24-15-5-6-29-12-15/h2-4,7-10,15H,5-6,11-12H2,1H3,(H,23,24)(H,20,25,26). The van der Waals surface area contributed by atoms with E-state index in [1.165, 1.54) is 0 Å². The molecule has 2 N–H and O–H groups in total. The number of aromatic nitrogens is 7. The van der Waals surface area contributed by atoms with Gasteiger partial charge in [0, 0.05) is 26.0 Å². The van der Waals surface area contributed by atoms with Gasteiger partial charge in [0.05, 0.1) is 48.4 Å². The van der Waals surface area contributed by atoms with E-state index >= 15 is 0 Å². The van der Waals surface area contributed by atoms with Crippen LogP contribution in [0.1, 0.15) is 12.1 Å². The molecule has 1 aliphatic rings. The van der Waals surface area contributed by atoms with Gasteiger partial charge in [-0.25, -0.2) is 14.6 Å². The van der Waals surface area contributed by atoms with Gasteiger partial charge in [-0.1, -0.05) is 6.07 Å². The first-order chi connectivity index (χ1) is 14.2. The summed E-state index contributed by atoms with van der Waals surface area (Å²) in [6.07, 6.45) is 8.11. The van der Waals surface area contributed by atoms with E-state index in [0.29, 0.717) is 18.5 Å². The first kappa shape index (κ1) is 17.6. The van der Waals surface area contributed by atoms with Gasteiger partial charge in [0.25, 0.3) is 0 Å². The third-order valence-electron chi connectivity index (χ3n) is 4.74. The Labute approximate surface area is 166 Å². The lowest BCUT2D eigenvalue weighted by Crippen LogP contribution is -2.20. The normalized spacial score (nSPS) is 16.4. The van der Waals surface area contributed by atoms with Crippen LogP contribution in [0.4, 0.5) is 17.5 Å². The molecule has 4 aromatic heterocycles. The Balaban J connectivity index is 1.36. The maximum Gasteiger partial charge on any atom is 0.229 e. The Morgan fingerprint density at radius 1 is 1.17 bits per heavy atom. The van der Waals surface area contributed by atoms with Crippen molar-refractivity contribution < 1.29 is 4.74 Å². The Hall–Kier alpha value is -3.53. The molecule has 10 heteroatoms. The average Bonchev–Trinajstić information content (AvgIpc) is 3.45. The molecule has 0 aromatic carbocycles. The Morgan fingerprint density at radius 3 is 2.97 bits per heavy atom. The van der Waals surface area contributed by atoms with Crippen molar-refractivity contribution in [2.75, 3.05) is 23.8 Å². The van der Waals surface area contributed by atoms with Crippen LogP contribution in [0.5, 0.6) is 0 Å². The van der Waals surface area contributed by atoms with Gasteiger partial charge >= 0.3 is 0 Å². The fourth-order valence-electron chi connectivity index (χ4n) is 3.32. The number of nitrogens with one attached hydrogen (secondary N) is 2. The number of nitrogens with zero attached hydrogens (tertiary/aromatic N) is 7. The van der Waals surface area contributed by atoms with Gasteiger partial charge in [0.1, 0.15) is 5.82 Å². The molecular formula is C19H21N9O. The minimum Gasteiger partial charge on any atom is -0.379 e. The second kappa shape index (κ2) is 7.47. The Morgan fingerprint density at radius 2 is 2.14 bits per heavy atom. The van der Waals surface area contributed by atoms with Gasteiger partial charge in [-0.2, -0.15) is 15.2 Å². The van der Waals surface area contributed by atoms with Gasteiger partial charge in [-0.05, 0) is 18.6 Å². The van der Waals surface area contributed by atoms with Crippen LogP contribution >= 0.6 is 0 Å². The minimum atomic E-state index is 0.317. The summed E-state index contributed by atoms with van der Waals surface area (Å²) in [6, 6.07) is 6.27. The number of hydrogen-bond acceptors (Lipinski definition) is 8. The van der Waals surface area contributed by atoms with Crippen LogP contribution in [0.15, 0.2) is 43.0 Å². The predicted molar refractivity (Wildman–Crippen MR) is 108 cm³/mol. The maximum atomic E-state index is 5.42. The third kappa shape index (κ3) is 3.87. The number of rotatable bonds is 6. The van der Waals surface area contributed by atoms with Gasteiger partial charge in [-0.3, -0.25) is 4.68 Å². The Bertz CT molecular complexity index is 1130. The van der Waals surface area contributed by atoms with E-state index in [4.69, 9.17) is 9.72 Å². The summed E-state index contributed by atoms with van der Waals surface area (Å²) in [4.78, 5) is 13.7. The van der Waals surface area contributed by atoms with Crippen molar-refractivity contribution in [2.24, 2.45) is 7.05 Å². The molecule has 0 amide bonds. The molecule has 0 radical (unpaired) electrons. The molecule has 1 unspecified atom stereocenters. The summed E-state index contributed by atoms with van der Waals surface area (Å²) in [5, 5.41) is 16.1. The number of aryl methyl sites for hydroxylation is 1. The molecular weight excluding hydrogens is 370 g/mol. The molecule has 1 atom stereocenters. The van der Waals surface area contributed by atoms with Crippen LogP contribution in [-0.4, -0.2) is 53.8 Å². The molecule has 0 aliphatic carbocycles. The maximum absolute atomic E-state index is 5.42. The number of fused-ring (bicyclic) bond motifs is 1. The highest BCUT2D eigenvalue weighted by atomic mass is 16.5. The van der Waals surface area contributed by atoms with E-state index in [9.17, 15) is 0 Å². The molecule has 5 rings (SSSR count). The second-order valence-corrected chi connectivity index (χ2v) is 7.02. The van der Waals surface area contributed by atoms with E-state index in [2.05, 4.69) is 30.8 Å². The smallest absolute Gasteiger partial charge is 0.229 e. The van der Waals surface area contributed by atoms with Crippen LogP contribution in [0, 0.1) is 0 Å². The number of ether oxygens (including phenoxy) is 1. The highest BCUT2D eigenvalue weighted by molar-refractivity contribution is 5.75. The van der Waals surface area contributed by atoms with E-state index < -0.39 is 0 Å². The molecule has 0 bridgehead atoms. The SMILES string of the molecule is Cn1cc(Nc2ncc3cnn(Cc4cccc(NC5CCOC5)n4)c3n2)cn1. The fraction of sp³-hybridized carbons (Fsp3) is 0.316. The van der Waals surface area contributed by atoms with Gasteiger partial charge in [-0.15, -0.1) is 0 Å². The first-order valence-electron chi connectivity index (χ1n) is 9.47. The van der Waals surface area contributed by atoms with Crippen molar-refractivity contribution in [1.29, 1.82) is 0 Å². The zero-order valence-corrected chi connectivity index (χ0v) is 16.0.